The summed E-state index contributed by atoms with van der Waals surface area (Å²) in [5.41, 5.74) is -0.127. The Labute approximate surface area is 246 Å². The molecule has 2 heterocycles. The molecule has 2 aliphatic carbocycles. The Morgan fingerprint density at radius 1 is 1.12 bits per heavy atom. The Hall–Kier alpha value is -3.27. The molecule has 3 amide bonds. The number of ketones is 1. The van der Waals surface area contributed by atoms with Crippen molar-refractivity contribution in [1.82, 2.24) is 20.5 Å². The standard InChI is InChI=1S/C32H43FN4O5/c1-31(2,3)27(23(39)16-38)36-29(41)26-24-19(32(24,4)5)15-37(26)30(42)25(17-10-7-6-8-11-17)35-28(40)22-14-18-20(33)12-9-13-21(18)34-22/h9,12-14,17,19,24-27,34,38H,6-8,10-11,15-16H2,1-5H3,(H,35,40)(H,36,41)/t19-,24-,25-,26-,27?/m0/s1. The molecule has 0 bridgehead atoms. The van der Waals surface area contributed by atoms with Crippen LogP contribution in [-0.2, 0) is 14.4 Å². The van der Waals surface area contributed by atoms with Crippen LogP contribution in [-0.4, -0.2) is 69.8 Å². The van der Waals surface area contributed by atoms with Gasteiger partial charge in [-0.05, 0) is 59.6 Å². The molecule has 3 fully saturated rings. The van der Waals surface area contributed by atoms with Crippen LogP contribution >= 0.6 is 0 Å². The maximum Gasteiger partial charge on any atom is 0.268 e. The number of hydrogen-bond donors (Lipinski definition) is 4. The van der Waals surface area contributed by atoms with Crippen LogP contribution in [0.3, 0.4) is 0 Å². The van der Waals surface area contributed by atoms with Gasteiger partial charge in [-0.15, -0.1) is 0 Å². The summed E-state index contributed by atoms with van der Waals surface area (Å²) in [6.45, 7) is 9.31. The molecule has 10 heteroatoms. The first-order valence-electron chi connectivity index (χ1n) is 15.1. The highest BCUT2D eigenvalue weighted by Gasteiger charge is 2.69. The fourth-order valence-corrected chi connectivity index (χ4v) is 7.40. The number of Topliss-reactive ketones (excluding diaryl/α,β-unsaturated/α-hetero) is 1. The predicted octanol–water partition coefficient (Wildman–Crippen LogP) is 3.56. The second kappa shape index (κ2) is 11.1. The highest BCUT2D eigenvalue weighted by Crippen LogP contribution is 2.65. The van der Waals surface area contributed by atoms with E-state index < -0.39 is 53.6 Å². The van der Waals surface area contributed by atoms with Gasteiger partial charge in [-0.3, -0.25) is 19.2 Å². The normalized spacial score (nSPS) is 25.0. The van der Waals surface area contributed by atoms with Crippen molar-refractivity contribution in [3.05, 3.63) is 35.8 Å². The van der Waals surface area contributed by atoms with Gasteiger partial charge in [-0.1, -0.05) is 59.9 Å². The number of aliphatic hydroxyl groups excluding tert-OH is 1. The number of piperidine rings is 1. The molecule has 5 rings (SSSR count). The molecular formula is C32H43FN4O5. The first kappa shape index (κ1) is 30.2. The lowest BCUT2D eigenvalue weighted by molar-refractivity contribution is -0.144. The van der Waals surface area contributed by atoms with Crippen molar-refractivity contribution in [2.45, 2.75) is 84.8 Å². The molecule has 4 N–H and O–H groups in total. The second-order valence-electron chi connectivity index (χ2n) is 14.1. The number of amides is 3. The van der Waals surface area contributed by atoms with Gasteiger partial charge in [-0.25, -0.2) is 4.39 Å². The molecule has 5 atom stereocenters. The number of likely N-dealkylation sites (tertiary alicyclic amines) is 1. The summed E-state index contributed by atoms with van der Waals surface area (Å²) < 4.78 is 14.3. The fourth-order valence-electron chi connectivity index (χ4n) is 7.40. The van der Waals surface area contributed by atoms with Crippen LogP contribution in [0.4, 0.5) is 4.39 Å². The molecule has 9 nitrogen and oxygen atoms in total. The van der Waals surface area contributed by atoms with E-state index in [1.54, 1.807) is 17.0 Å². The van der Waals surface area contributed by atoms with Crippen LogP contribution in [0.2, 0.25) is 0 Å². The van der Waals surface area contributed by atoms with E-state index in [-0.39, 0.29) is 34.8 Å². The van der Waals surface area contributed by atoms with Gasteiger partial charge < -0.3 is 25.6 Å². The molecule has 1 aromatic carbocycles. The summed E-state index contributed by atoms with van der Waals surface area (Å²) in [6.07, 6.45) is 4.50. The van der Waals surface area contributed by atoms with Gasteiger partial charge in [0.15, 0.2) is 5.78 Å². The van der Waals surface area contributed by atoms with Gasteiger partial charge in [0.25, 0.3) is 5.91 Å². The lowest BCUT2D eigenvalue weighted by atomic mass is 9.82. The highest BCUT2D eigenvalue weighted by atomic mass is 19.1. The second-order valence-corrected chi connectivity index (χ2v) is 14.1. The summed E-state index contributed by atoms with van der Waals surface area (Å²) in [7, 11) is 0. The maximum absolute atomic E-state index is 14.4. The average molecular weight is 583 g/mol. The smallest absolute Gasteiger partial charge is 0.268 e. The number of fused-ring (bicyclic) bond motifs is 2. The number of rotatable bonds is 8. The summed E-state index contributed by atoms with van der Waals surface area (Å²) in [5.74, 6) is -2.19. The van der Waals surface area contributed by atoms with E-state index >= 15 is 0 Å². The van der Waals surface area contributed by atoms with Crippen molar-refractivity contribution < 1.29 is 28.7 Å². The average Bonchev–Trinajstić information content (AvgIpc) is 3.33. The largest absolute Gasteiger partial charge is 0.389 e. The Bertz CT molecular complexity index is 1390. The zero-order valence-corrected chi connectivity index (χ0v) is 25.1. The topological polar surface area (TPSA) is 132 Å². The van der Waals surface area contributed by atoms with Gasteiger partial charge in [0.2, 0.25) is 11.8 Å². The third-order valence-electron chi connectivity index (χ3n) is 9.92. The zero-order valence-electron chi connectivity index (χ0n) is 25.1. The number of carbonyl (C=O) groups is 4. The molecule has 0 spiro atoms. The number of aromatic amines is 1. The molecule has 1 aromatic heterocycles. The maximum atomic E-state index is 14.4. The van der Waals surface area contributed by atoms with E-state index in [0.717, 1.165) is 32.1 Å². The summed E-state index contributed by atoms with van der Waals surface area (Å²) in [4.78, 5) is 58.8. The van der Waals surface area contributed by atoms with Crippen molar-refractivity contribution >= 4 is 34.4 Å². The van der Waals surface area contributed by atoms with Crippen LogP contribution in [0.5, 0.6) is 0 Å². The lowest BCUT2D eigenvalue weighted by Crippen LogP contribution is -2.60. The van der Waals surface area contributed by atoms with E-state index in [4.69, 9.17) is 0 Å². The number of aliphatic hydroxyl groups is 1. The Morgan fingerprint density at radius 2 is 1.81 bits per heavy atom. The van der Waals surface area contributed by atoms with E-state index in [1.807, 2.05) is 20.8 Å². The number of benzene rings is 1. The molecule has 0 radical (unpaired) electrons. The monoisotopic (exact) mass is 582 g/mol. The number of H-pyrrole nitrogens is 1. The molecule has 1 saturated heterocycles. The fraction of sp³-hybridized carbons (Fsp3) is 0.625. The van der Waals surface area contributed by atoms with E-state index in [0.29, 0.717) is 17.4 Å². The Kier molecular flexibility index (Phi) is 7.98. The third kappa shape index (κ3) is 5.45. The van der Waals surface area contributed by atoms with E-state index in [2.05, 4.69) is 29.5 Å². The molecule has 228 valence electrons. The van der Waals surface area contributed by atoms with Crippen LogP contribution in [0.15, 0.2) is 24.3 Å². The summed E-state index contributed by atoms with van der Waals surface area (Å²) >= 11 is 0. The Morgan fingerprint density at radius 3 is 2.43 bits per heavy atom. The molecular weight excluding hydrogens is 539 g/mol. The van der Waals surface area contributed by atoms with Gasteiger partial charge in [0.05, 0.1) is 6.04 Å². The number of halogens is 1. The van der Waals surface area contributed by atoms with Crippen molar-refractivity contribution in [3.8, 4) is 0 Å². The van der Waals surface area contributed by atoms with Crippen LogP contribution < -0.4 is 10.6 Å². The molecule has 1 unspecified atom stereocenters. The Balaban J connectivity index is 1.42. The number of nitrogens with zero attached hydrogens (tertiary/aromatic N) is 1. The zero-order chi connectivity index (χ0) is 30.6. The van der Waals surface area contributed by atoms with Gasteiger partial charge >= 0.3 is 0 Å². The predicted molar refractivity (Wildman–Crippen MR) is 156 cm³/mol. The number of nitrogens with one attached hydrogen (secondary N) is 3. The summed E-state index contributed by atoms with van der Waals surface area (Å²) in [6, 6.07) is 3.49. The molecule has 1 aliphatic heterocycles. The van der Waals surface area contributed by atoms with E-state index in [9.17, 15) is 28.7 Å². The minimum Gasteiger partial charge on any atom is -0.389 e. The molecule has 2 aromatic rings. The van der Waals surface area contributed by atoms with Crippen LogP contribution in [0, 0.1) is 34.4 Å². The molecule has 42 heavy (non-hydrogen) atoms. The van der Waals surface area contributed by atoms with Crippen molar-refractivity contribution in [2.24, 2.45) is 28.6 Å². The SMILES string of the molecule is CC(C)(C)C(NC(=O)[C@@H]1[C@@H]2[C@H](CN1C(=O)[C@@H](NC(=O)c1cc3c(F)cccc3[nH]1)C1CCCCC1)C2(C)C)C(=O)CO. The first-order chi connectivity index (χ1) is 19.8. The van der Waals surface area contributed by atoms with Crippen LogP contribution in [0.1, 0.15) is 77.2 Å². The number of aromatic nitrogens is 1. The lowest BCUT2D eigenvalue weighted by Gasteiger charge is -2.38. The van der Waals surface area contributed by atoms with E-state index in [1.165, 1.54) is 12.1 Å². The molecule has 2 saturated carbocycles. The van der Waals surface area contributed by atoms with Gasteiger partial charge in [-0.2, -0.15) is 0 Å². The van der Waals surface area contributed by atoms with Crippen LogP contribution in [0.25, 0.3) is 10.9 Å². The number of carbonyl (C=O) groups excluding carboxylic acids is 4. The third-order valence-corrected chi connectivity index (χ3v) is 9.92. The van der Waals surface area contributed by atoms with Crippen molar-refractivity contribution in [1.29, 1.82) is 0 Å². The van der Waals surface area contributed by atoms with Gasteiger partial charge in [0.1, 0.15) is 30.2 Å². The number of hydrogen-bond acceptors (Lipinski definition) is 5. The van der Waals surface area contributed by atoms with Crippen molar-refractivity contribution in [2.75, 3.05) is 13.2 Å². The van der Waals surface area contributed by atoms with Crippen molar-refractivity contribution in [3.63, 3.8) is 0 Å². The minimum absolute atomic E-state index is 0.0781. The molecule has 3 aliphatic rings. The highest BCUT2D eigenvalue weighted by molar-refractivity contribution is 6.01. The minimum atomic E-state index is -0.913. The van der Waals surface area contributed by atoms with Gasteiger partial charge in [0, 0.05) is 17.4 Å². The first-order valence-corrected chi connectivity index (χ1v) is 15.1. The summed E-state index contributed by atoms with van der Waals surface area (Å²) in [5, 5.41) is 15.7. The quantitative estimate of drug-likeness (QED) is 0.378.